The molecule has 0 aromatic heterocycles. The SMILES string of the molecule is O=C(Nc1cc2c(cc1Cl)OCO2)C1CCCN1. The van der Waals surface area contributed by atoms with Crippen molar-refractivity contribution in [2.45, 2.75) is 18.9 Å². The van der Waals surface area contributed by atoms with Gasteiger partial charge in [-0.05, 0) is 19.4 Å². The van der Waals surface area contributed by atoms with Gasteiger partial charge in [-0.2, -0.15) is 0 Å². The van der Waals surface area contributed by atoms with Gasteiger partial charge < -0.3 is 20.1 Å². The Kier molecular flexibility index (Phi) is 3.01. The lowest BCUT2D eigenvalue weighted by Crippen LogP contribution is -2.35. The van der Waals surface area contributed by atoms with Gasteiger partial charge in [0.2, 0.25) is 12.7 Å². The molecule has 0 radical (unpaired) electrons. The molecule has 1 amide bonds. The van der Waals surface area contributed by atoms with E-state index in [1.807, 2.05) is 0 Å². The summed E-state index contributed by atoms with van der Waals surface area (Å²) in [7, 11) is 0. The molecule has 1 fully saturated rings. The normalized spacial score (nSPS) is 21.1. The predicted molar refractivity (Wildman–Crippen MR) is 67.2 cm³/mol. The summed E-state index contributed by atoms with van der Waals surface area (Å²) in [5.74, 6) is 1.15. The van der Waals surface area contributed by atoms with Gasteiger partial charge in [0.05, 0.1) is 16.8 Å². The van der Waals surface area contributed by atoms with Gasteiger partial charge in [0.15, 0.2) is 11.5 Å². The van der Waals surface area contributed by atoms with Gasteiger partial charge in [0.1, 0.15) is 0 Å². The number of carbonyl (C=O) groups excluding carboxylic acids is 1. The van der Waals surface area contributed by atoms with Crippen molar-refractivity contribution < 1.29 is 14.3 Å². The lowest BCUT2D eigenvalue weighted by molar-refractivity contribution is -0.117. The van der Waals surface area contributed by atoms with Crippen LogP contribution in [0.2, 0.25) is 5.02 Å². The van der Waals surface area contributed by atoms with Crippen LogP contribution in [0.1, 0.15) is 12.8 Å². The molecule has 2 N–H and O–H groups in total. The highest BCUT2D eigenvalue weighted by molar-refractivity contribution is 6.34. The molecular weight excluding hydrogens is 256 g/mol. The van der Waals surface area contributed by atoms with Gasteiger partial charge in [-0.1, -0.05) is 11.6 Å². The summed E-state index contributed by atoms with van der Waals surface area (Å²) in [5.41, 5.74) is 0.555. The zero-order valence-electron chi connectivity index (χ0n) is 9.66. The zero-order chi connectivity index (χ0) is 12.5. The number of rotatable bonds is 2. The zero-order valence-corrected chi connectivity index (χ0v) is 10.4. The smallest absolute Gasteiger partial charge is 0.241 e. The van der Waals surface area contributed by atoms with Crippen LogP contribution >= 0.6 is 11.6 Å². The number of nitrogens with one attached hydrogen (secondary N) is 2. The maximum absolute atomic E-state index is 12.0. The largest absolute Gasteiger partial charge is 0.454 e. The number of fused-ring (bicyclic) bond motifs is 1. The summed E-state index contributed by atoms with van der Waals surface area (Å²) >= 11 is 6.09. The molecule has 1 aromatic rings. The standard InChI is InChI=1S/C12H13ClN2O3/c13-7-4-10-11(18-6-17-10)5-9(7)15-12(16)8-2-1-3-14-8/h4-5,8,14H,1-3,6H2,(H,15,16). The average Bonchev–Trinajstić information content (AvgIpc) is 2.98. The van der Waals surface area contributed by atoms with Crippen molar-refractivity contribution in [3.8, 4) is 11.5 Å². The van der Waals surface area contributed by atoms with Crippen LogP contribution in [0.4, 0.5) is 5.69 Å². The molecule has 6 heteroatoms. The van der Waals surface area contributed by atoms with E-state index in [0.717, 1.165) is 19.4 Å². The van der Waals surface area contributed by atoms with Gasteiger partial charge in [-0.3, -0.25) is 4.79 Å². The fourth-order valence-electron chi connectivity index (χ4n) is 2.14. The van der Waals surface area contributed by atoms with Crippen LogP contribution in [0, 0.1) is 0 Å². The van der Waals surface area contributed by atoms with Gasteiger partial charge in [-0.25, -0.2) is 0 Å². The van der Waals surface area contributed by atoms with Crippen molar-refractivity contribution in [3.63, 3.8) is 0 Å². The van der Waals surface area contributed by atoms with Crippen molar-refractivity contribution in [2.24, 2.45) is 0 Å². The van der Waals surface area contributed by atoms with Crippen molar-refractivity contribution in [3.05, 3.63) is 17.2 Å². The maximum Gasteiger partial charge on any atom is 0.241 e. The highest BCUT2D eigenvalue weighted by atomic mass is 35.5. The first-order valence-electron chi connectivity index (χ1n) is 5.87. The summed E-state index contributed by atoms with van der Waals surface area (Å²) in [5, 5.41) is 6.40. The molecule has 5 nitrogen and oxygen atoms in total. The van der Waals surface area contributed by atoms with Crippen molar-refractivity contribution >= 4 is 23.2 Å². The molecule has 18 heavy (non-hydrogen) atoms. The topological polar surface area (TPSA) is 59.6 Å². The molecule has 1 unspecified atom stereocenters. The Morgan fingerprint density at radius 1 is 1.39 bits per heavy atom. The lowest BCUT2D eigenvalue weighted by Gasteiger charge is -2.12. The molecule has 2 aliphatic rings. The molecule has 0 spiro atoms. The van der Waals surface area contributed by atoms with E-state index in [4.69, 9.17) is 21.1 Å². The number of carbonyl (C=O) groups is 1. The van der Waals surface area contributed by atoms with E-state index in [1.54, 1.807) is 12.1 Å². The molecule has 1 aromatic carbocycles. The van der Waals surface area contributed by atoms with Crippen LogP contribution < -0.4 is 20.1 Å². The van der Waals surface area contributed by atoms with E-state index in [1.165, 1.54) is 0 Å². The van der Waals surface area contributed by atoms with Crippen LogP contribution in [0.5, 0.6) is 11.5 Å². The minimum absolute atomic E-state index is 0.0618. The van der Waals surface area contributed by atoms with Crippen LogP contribution in [-0.4, -0.2) is 25.3 Å². The van der Waals surface area contributed by atoms with E-state index in [-0.39, 0.29) is 18.7 Å². The summed E-state index contributed by atoms with van der Waals surface area (Å²) in [6, 6.07) is 3.21. The number of benzene rings is 1. The molecule has 0 bridgehead atoms. The van der Waals surface area contributed by atoms with Gasteiger partial charge in [0.25, 0.3) is 0 Å². The van der Waals surface area contributed by atoms with Crippen molar-refractivity contribution in [1.29, 1.82) is 0 Å². The molecule has 0 saturated carbocycles. The minimum atomic E-state index is -0.133. The van der Waals surface area contributed by atoms with E-state index >= 15 is 0 Å². The first-order chi connectivity index (χ1) is 8.74. The first-order valence-corrected chi connectivity index (χ1v) is 6.25. The second-order valence-corrected chi connectivity index (χ2v) is 4.73. The quantitative estimate of drug-likeness (QED) is 0.858. The number of hydrogen-bond acceptors (Lipinski definition) is 4. The summed E-state index contributed by atoms with van der Waals surface area (Å²) in [4.78, 5) is 12.0. The Balaban J connectivity index is 1.78. The van der Waals surface area contributed by atoms with E-state index in [0.29, 0.717) is 22.2 Å². The number of ether oxygens (including phenoxy) is 2. The summed E-state index contributed by atoms with van der Waals surface area (Å²) < 4.78 is 10.5. The first kappa shape index (κ1) is 11.6. The van der Waals surface area contributed by atoms with Gasteiger partial charge in [0, 0.05) is 12.1 Å². The van der Waals surface area contributed by atoms with Crippen molar-refractivity contribution in [2.75, 3.05) is 18.7 Å². The molecular formula is C12H13ClN2O3. The molecule has 1 atom stereocenters. The number of anilines is 1. The fraction of sp³-hybridized carbons (Fsp3) is 0.417. The van der Waals surface area contributed by atoms with Crippen LogP contribution in [0.15, 0.2) is 12.1 Å². The average molecular weight is 269 g/mol. The van der Waals surface area contributed by atoms with E-state index in [9.17, 15) is 4.79 Å². The van der Waals surface area contributed by atoms with Crippen LogP contribution in [-0.2, 0) is 4.79 Å². The van der Waals surface area contributed by atoms with Gasteiger partial charge in [-0.15, -0.1) is 0 Å². The highest BCUT2D eigenvalue weighted by Crippen LogP contribution is 2.39. The second kappa shape index (κ2) is 4.66. The molecule has 2 aliphatic heterocycles. The number of hydrogen-bond donors (Lipinski definition) is 2. The Bertz CT molecular complexity index is 486. The third-order valence-electron chi connectivity index (χ3n) is 3.10. The Morgan fingerprint density at radius 3 is 2.89 bits per heavy atom. The number of halogens is 1. The second-order valence-electron chi connectivity index (χ2n) is 4.32. The lowest BCUT2D eigenvalue weighted by atomic mass is 10.2. The third-order valence-corrected chi connectivity index (χ3v) is 3.41. The van der Waals surface area contributed by atoms with Gasteiger partial charge >= 0.3 is 0 Å². The number of amides is 1. The van der Waals surface area contributed by atoms with Crippen molar-refractivity contribution in [1.82, 2.24) is 5.32 Å². The summed E-state index contributed by atoms with van der Waals surface area (Å²) in [6.07, 6.45) is 1.88. The third kappa shape index (κ3) is 2.11. The maximum atomic E-state index is 12.0. The predicted octanol–water partition coefficient (Wildman–Crippen LogP) is 1.76. The van der Waals surface area contributed by atoms with E-state index < -0.39 is 0 Å². The molecule has 3 rings (SSSR count). The Morgan fingerprint density at radius 2 is 2.17 bits per heavy atom. The molecule has 2 heterocycles. The van der Waals surface area contributed by atoms with E-state index in [2.05, 4.69) is 10.6 Å². The summed E-state index contributed by atoms with van der Waals surface area (Å²) in [6.45, 7) is 1.07. The monoisotopic (exact) mass is 268 g/mol. The van der Waals surface area contributed by atoms with Crippen LogP contribution in [0.3, 0.4) is 0 Å². The fourth-order valence-corrected chi connectivity index (χ4v) is 2.34. The molecule has 96 valence electrons. The Hall–Kier alpha value is -1.46. The minimum Gasteiger partial charge on any atom is -0.454 e. The molecule has 1 saturated heterocycles. The Labute approximate surface area is 109 Å². The highest BCUT2D eigenvalue weighted by Gasteiger charge is 2.24. The molecule has 0 aliphatic carbocycles. The van der Waals surface area contributed by atoms with Crippen LogP contribution in [0.25, 0.3) is 0 Å².